The lowest BCUT2D eigenvalue weighted by atomic mass is 9.95. The van der Waals surface area contributed by atoms with Gasteiger partial charge in [-0.15, -0.1) is 0 Å². The third-order valence-electron chi connectivity index (χ3n) is 12.5. The van der Waals surface area contributed by atoms with Crippen LogP contribution in [-0.4, -0.2) is 12.1 Å². The maximum Gasteiger partial charge on any atom is 0.491 e. The third-order valence-corrected chi connectivity index (χ3v) is 16.2. The average molecular weight is 881 g/mol. The van der Waals surface area contributed by atoms with Crippen LogP contribution in [0.1, 0.15) is 228 Å². The standard InChI is InChI=1S/C56H87F3O2S/c1-10-19-28-43-37-46(31-22-13-4)52(47(38-43)32-23-14-5)62(61-55(60)56(57,58)59,53-48(33-24-15-6)39-44(29-20-11-2)40-49(53)34-25-16-7)54-50(35-26-17-8)41-45(30-21-12-3)42-51(54)36-27-18-9/h37-42H,10-36H2,1-9H3. The van der Waals surface area contributed by atoms with Crippen molar-refractivity contribution in [2.75, 3.05) is 0 Å². The Kier molecular flexibility index (Phi) is 24.4. The number of benzene rings is 3. The van der Waals surface area contributed by atoms with Crippen LogP contribution in [-0.2, 0) is 66.8 Å². The van der Waals surface area contributed by atoms with Crippen LogP contribution in [0.3, 0.4) is 0 Å². The highest BCUT2D eigenvalue weighted by Gasteiger charge is 2.51. The number of halogens is 3. The summed E-state index contributed by atoms with van der Waals surface area (Å²) in [5.41, 5.74) is 10.3. The predicted molar refractivity (Wildman–Crippen MR) is 261 cm³/mol. The van der Waals surface area contributed by atoms with Gasteiger partial charge in [0.05, 0.1) is 0 Å². The van der Waals surface area contributed by atoms with Gasteiger partial charge in [-0.3, -0.25) is 0 Å². The normalized spacial score (nSPS) is 12.3. The lowest BCUT2D eigenvalue weighted by Crippen LogP contribution is -2.30. The summed E-state index contributed by atoms with van der Waals surface area (Å²) >= 11 is 0. The largest absolute Gasteiger partial charge is 0.491 e. The van der Waals surface area contributed by atoms with Crippen molar-refractivity contribution in [2.24, 2.45) is 0 Å². The Bertz CT molecular complexity index is 1510. The van der Waals surface area contributed by atoms with Crippen molar-refractivity contribution < 1.29 is 22.1 Å². The van der Waals surface area contributed by atoms with Gasteiger partial charge in [-0.2, -0.15) is 13.2 Å². The van der Waals surface area contributed by atoms with Crippen LogP contribution in [0.4, 0.5) is 13.2 Å². The highest BCUT2D eigenvalue weighted by molar-refractivity contribution is 8.30. The van der Waals surface area contributed by atoms with Crippen molar-refractivity contribution in [2.45, 2.75) is 257 Å². The van der Waals surface area contributed by atoms with Gasteiger partial charge in [-0.25, -0.2) is 4.79 Å². The smallest absolute Gasteiger partial charge is 0.395 e. The minimum atomic E-state index is -5.17. The van der Waals surface area contributed by atoms with Gasteiger partial charge >= 0.3 is 12.1 Å². The molecule has 0 spiro atoms. The first-order valence-electron chi connectivity index (χ1n) is 25.5. The van der Waals surface area contributed by atoms with Crippen molar-refractivity contribution >= 4 is 16.3 Å². The fourth-order valence-corrected chi connectivity index (χ4v) is 13.4. The summed E-state index contributed by atoms with van der Waals surface area (Å²) < 4.78 is 53.5. The molecule has 0 unspecified atom stereocenters. The molecule has 0 aliphatic rings. The molecule has 0 aliphatic carbocycles. The Hall–Kier alpha value is -2.73. The molecule has 3 aromatic carbocycles. The van der Waals surface area contributed by atoms with Gasteiger partial charge in [-0.05, 0) is 176 Å². The van der Waals surface area contributed by atoms with E-state index in [9.17, 15) is 4.79 Å². The van der Waals surface area contributed by atoms with Gasteiger partial charge in [0.15, 0.2) is 0 Å². The molecule has 0 N–H and O–H groups in total. The molecule has 0 amide bonds. The number of rotatable bonds is 31. The van der Waals surface area contributed by atoms with E-state index < -0.39 is 22.5 Å². The lowest BCUT2D eigenvalue weighted by molar-refractivity contribution is -0.188. The second-order valence-electron chi connectivity index (χ2n) is 18.1. The zero-order chi connectivity index (χ0) is 45.5. The summed E-state index contributed by atoms with van der Waals surface area (Å²) in [6.07, 6.45) is 19.5. The second-order valence-corrected chi connectivity index (χ2v) is 20.6. The molecule has 2 nitrogen and oxygen atoms in total. The fraction of sp³-hybridized carbons (Fsp3) is 0.661. The molecule has 350 valence electrons. The van der Waals surface area contributed by atoms with Crippen LogP contribution in [0.2, 0.25) is 0 Å². The lowest BCUT2D eigenvalue weighted by Gasteiger charge is -2.47. The molecule has 62 heavy (non-hydrogen) atoms. The zero-order valence-electron chi connectivity index (χ0n) is 40.9. The SMILES string of the molecule is CCCCc1cc(CCCC)c(S(OC(=O)C(F)(F)F)(c2c(CCCC)cc(CCCC)cc2CCCC)c2c(CCCC)cc(CCCC)cc2CCCC)c(CCCC)c1. The number of unbranched alkanes of at least 4 members (excludes halogenated alkanes) is 9. The molecule has 0 fully saturated rings. The molecular formula is C56H87F3O2S. The Balaban J connectivity index is 3.00. The Morgan fingerprint density at radius 3 is 0.758 bits per heavy atom. The molecule has 0 atom stereocenters. The van der Waals surface area contributed by atoms with E-state index in [-0.39, 0.29) is 0 Å². The molecular weight excluding hydrogens is 794 g/mol. The molecule has 0 saturated carbocycles. The number of hydrogen-bond donors (Lipinski definition) is 0. The number of hydrogen-bond acceptors (Lipinski definition) is 2. The Morgan fingerprint density at radius 2 is 0.581 bits per heavy atom. The molecule has 0 radical (unpaired) electrons. The van der Waals surface area contributed by atoms with Gasteiger partial charge in [0, 0.05) is 14.7 Å². The maximum absolute atomic E-state index is 15.5. The highest BCUT2D eigenvalue weighted by atomic mass is 32.3. The molecule has 0 aliphatic heterocycles. The number of alkyl halides is 3. The molecule has 3 rings (SSSR count). The summed E-state index contributed by atoms with van der Waals surface area (Å²) in [5, 5.41) is 0. The van der Waals surface area contributed by atoms with Crippen LogP contribution in [0.25, 0.3) is 0 Å². The van der Waals surface area contributed by atoms with E-state index in [0.717, 1.165) is 221 Å². The molecule has 0 heterocycles. The van der Waals surface area contributed by atoms with Crippen molar-refractivity contribution in [3.05, 3.63) is 86.5 Å². The van der Waals surface area contributed by atoms with Crippen molar-refractivity contribution in [1.29, 1.82) is 0 Å². The summed E-state index contributed by atoms with van der Waals surface area (Å²) in [6, 6.07) is 14.0. The second kappa shape index (κ2) is 28.2. The van der Waals surface area contributed by atoms with Gasteiger partial charge in [0.2, 0.25) is 0 Å². The summed E-state index contributed by atoms with van der Waals surface area (Å²) in [7, 11) is -3.36. The Morgan fingerprint density at radius 1 is 0.387 bits per heavy atom. The first-order valence-corrected chi connectivity index (χ1v) is 27.1. The van der Waals surface area contributed by atoms with Gasteiger partial charge in [-0.1, -0.05) is 156 Å². The molecule has 0 bridgehead atoms. The van der Waals surface area contributed by atoms with Crippen molar-refractivity contribution in [3.8, 4) is 0 Å². The van der Waals surface area contributed by atoms with Crippen LogP contribution < -0.4 is 0 Å². The first kappa shape index (κ1) is 53.6. The van der Waals surface area contributed by atoms with Crippen LogP contribution in [0, 0.1) is 0 Å². The summed E-state index contributed by atoms with van der Waals surface area (Å²) in [5.74, 6) is -2.05. The van der Waals surface area contributed by atoms with Gasteiger partial charge in [0.1, 0.15) is 0 Å². The fourth-order valence-electron chi connectivity index (χ4n) is 9.07. The Labute approximate surface area is 379 Å². The third kappa shape index (κ3) is 14.9. The predicted octanol–water partition coefficient (Wildman–Crippen LogP) is 18.1. The van der Waals surface area contributed by atoms with Crippen LogP contribution in [0.15, 0.2) is 51.1 Å². The molecule has 3 aromatic rings. The van der Waals surface area contributed by atoms with Crippen LogP contribution >= 0.6 is 10.3 Å². The topological polar surface area (TPSA) is 26.3 Å². The van der Waals surface area contributed by atoms with E-state index >= 15 is 13.2 Å². The number of aryl methyl sites for hydroxylation is 9. The van der Waals surface area contributed by atoms with E-state index in [1.165, 1.54) is 16.7 Å². The minimum Gasteiger partial charge on any atom is -0.395 e. The average Bonchev–Trinajstić information content (AvgIpc) is 3.26. The van der Waals surface area contributed by atoms with E-state index in [1.807, 2.05) is 0 Å². The first-order chi connectivity index (χ1) is 29.9. The quantitative estimate of drug-likeness (QED) is 0.0644. The van der Waals surface area contributed by atoms with E-state index in [0.29, 0.717) is 0 Å². The molecule has 6 heteroatoms. The monoisotopic (exact) mass is 881 g/mol. The van der Waals surface area contributed by atoms with E-state index in [1.54, 1.807) is 0 Å². The maximum atomic E-state index is 15.5. The summed E-state index contributed by atoms with van der Waals surface area (Å²) in [6.45, 7) is 19.8. The molecule has 0 aromatic heterocycles. The number of carbonyl (C=O) groups is 1. The minimum absolute atomic E-state index is 0.732. The van der Waals surface area contributed by atoms with Gasteiger partial charge in [0.25, 0.3) is 0 Å². The van der Waals surface area contributed by atoms with Crippen LogP contribution in [0.5, 0.6) is 0 Å². The van der Waals surface area contributed by atoms with Crippen molar-refractivity contribution in [1.82, 2.24) is 0 Å². The van der Waals surface area contributed by atoms with E-state index in [2.05, 4.69) is 98.7 Å². The number of carbonyl (C=O) groups excluding carboxylic acids is 1. The zero-order valence-corrected chi connectivity index (χ0v) is 41.7. The highest BCUT2D eigenvalue weighted by Crippen LogP contribution is 2.75. The summed E-state index contributed by atoms with van der Waals surface area (Å²) in [4.78, 5) is 17.2. The van der Waals surface area contributed by atoms with Gasteiger partial charge < -0.3 is 4.18 Å². The van der Waals surface area contributed by atoms with Crippen molar-refractivity contribution in [3.63, 3.8) is 0 Å². The molecule has 0 saturated heterocycles. The van der Waals surface area contributed by atoms with E-state index in [4.69, 9.17) is 4.18 Å².